The Morgan fingerprint density at radius 3 is 2.65 bits per heavy atom. The van der Waals surface area contributed by atoms with E-state index in [1.165, 1.54) is 12.7 Å². The molecule has 7 heteroatoms. The first kappa shape index (κ1) is 21.1. The van der Waals surface area contributed by atoms with Crippen molar-refractivity contribution in [1.29, 1.82) is 0 Å². The molecule has 1 fully saturated rings. The van der Waals surface area contributed by atoms with E-state index >= 15 is 0 Å². The van der Waals surface area contributed by atoms with Crippen molar-refractivity contribution in [2.24, 2.45) is 0 Å². The molecule has 4 rings (SSSR count). The number of methoxy groups -OCH3 is 1. The second kappa shape index (κ2) is 9.75. The monoisotopic (exact) mass is 435 g/mol. The Morgan fingerprint density at radius 1 is 1.13 bits per heavy atom. The van der Waals surface area contributed by atoms with Gasteiger partial charge in [-0.05, 0) is 36.6 Å². The lowest BCUT2D eigenvalue weighted by atomic mass is 10.1. The molecule has 1 N–H and O–H groups in total. The summed E-state index contributed by atoms with van der Waals surface area (Å²) in [6.45, 7) is 1.88. The van der Waals surface area contributed by atoms with Crippen molar-refractivity contribution >= 4 is 34.6 Å². The standard InChI is InChI=1S/C24H25N3O3S/c1-30-24(29)18-9-10-21(27-11-5-6-12-27)20(14-18)26-22(28)15-19-16-31-23(25-19)13-17-7-3-2-4-8-17/h2-4,7-10,14,16H,5-6,11-13,15H2,1H3,(H,26,28). The van der Waals surface area contributed by atoms with Crippen LogP contribution in [0.4, 0.5) is 11.4 Å². The van der Waals surface area contributed by atoms with Crippen molar-refractivity contribution in [2.45, 2.75) is 25.7 Å². The molecule has 1 aliphatic heterocycles. The first-order chi connectivity index (χ1) is 15.1. The average Bonchev–Trinajstić information content (AvgIpc) is 3.46. The fraction of sp³-hybridized carbons (Fsp3) is 0.292. The van der Waals surface area contributed by atoms with Gasteiger partial charge in [0.1, 0.15) is 0 Å². The normalized spacial score (nSPS) is 13.3. The van der Waals surface area contributed by atoms with Crippen molar-refractivity contribution in [3.63, 3.8) is 0 Å². The Bertz CT molecular complexity index is 1060. The topological polar surface area (TPSA) is 71.5 Å². The number of rotatable bonds is 7. The van der Waals surface area contributed by atoms with Gasteiger partial charge in [-0.3, -0.25) is 4.79 Å². The number of thiazole rings is 1. The number of carbonyl (C=O) groups is 2. The van der Waals surface area contributed by atoms with Crippen LogP contribution in [0.15, 0.2) is 53.9 Å². The summed E-state index contributed by atoms with van der Waals surface area (Å²) < 4.78 is 4.83. The van der Waals surface area contributed by atoms with Gasteiger partial charge in [-0.25, -0.2) is 9.78 Å². The maximum atomic E-state index is 12.8. The molecule has 1 amide bonds. The third-order valence-corrected chi connectivity index (χ3v) is 6.18. The van der Waals surface area contributed by atoms with Crippen LogP contribution >= 0.6 is 11.3 Å². The van der Waals surface area contributed by atoms with Crippen molar-refractivity contribution in [1.82, 2.24) is 4.98 Å². The SMILES string of the molecule is COC(=O)c1ccc(N2CCCC2)c(NC(=O)Cc2csc(Cc3ccccc3)n2)c1. The minimum Gasteiger partial charge on any atom is -0.465 e. The van der Waals surface area contributed by atoms with Gasteiger partial charge >= 0.3 is 5.97 Å². The summed E-state index contributed by atoms with van der Waals surface area (Å²) in [4.78, 5) is 31.6. The van der Waals surface area contributed by atoms with Crippen LogP contribution in [0.2, 0.25) is 0 Å². The fourth-order valence-electron chi connectivity index (χ4n) is 3.76. The summed E-state index contributed by atoms with van der Waals surface area (Å²) in [5, 5.41) is 5.91. The summed E-state index contributed by atoms with van der Waals surface area (Å²) in [7, 11) is 1.35. The van der Waals surface area contributed by atoms with Crippen LogP contribution in [0.25, 0.3) is 0 Å². The molecule has 31 heavy (non-hydrogen) atoms. The Labute approximate surface area is 185 Å². The third-order valence-electron chi connectivity index (χ3n) is 5.28. The maximum absolute atomic E-state index is 12.8. The van der Waals surface area contributed by atoms with Crippen molar-refractivity contribution in [2.75, 3.05) is 30.4 Å². The van der Waals surface area contributed by atoms with Crippen LogP contribution in [0, 0.1) is 0 Å². The predicted molar refractivity (Wildman–Crippen MR) is 123 cm³/mol. The molecule has 6 nitrogen and oxygen atoms in total. The number of esters is 1. The van der Waals surface area contributed by atoms with E-state index in [-0.39, 0.29) is 12.3 Å². The van der Waals surface area contributed by atoms with Gasteiger partial charge in [-0.2, -0.15) is 0 Å². The molecule has 0 aliphatic carbocycles. The maximum Gasteiger partial charge on any atom is 0.337 e. The minimum atomic E-state index is -0.423. The van der Waals surface area contributed by atoms with Gasteiger partial charge in [-0.1, -0.05) is 30.3 Å². The lowest BCUT2D eigenvalue weighted by Gasteiger charge is -2.22. The number of hydrogen-bond acceptors (Lipinski definition) is 6. The Kier molecular flexibility index (Phi) is 6.62. The molecule has 2 heterocycles. The molecule has 160 valence electrons. The molecule has 0 spiro atoms. The zero-order valence-electron chi connectivity index (χ0n) is 17.5. The third kappa shape index (κ3) is 5.30. The number of carbonyl (C=O) groups excluding carboxylic acids is 2. The van der Waals surface area contributed by atoms with E-state index in [0.29, 0.717) is 11.3 Å². The van der Waals surface area contributed by atoms with Crippen molar-refractivity contribution < 1.29 is 14.3 Å². The first-order valence-corrected chi connectivity index (χ1v) is 11.2. The Morgan fingerprint density at radius 2 is 1.90 bits per heavy atom. The molecule has 1 aromatic heterocycles. The lowest BCUT2D eigenvalue weighted by Crippen LogP contribution is -2.22. The molecule has 0 saturated carbocycles. The molecule has 0 unspecified atom stereocenters. The first-order valence-electron chi connectivity index (χ1n) is 10.4. The van der Waals surface area contributed by atoms with E-state index in [2.05, 4.69) is 27.3 Å². The van der Waals surface area contributed by atoms with Crippen LogP contribution in [0.3, 0.4) is 0 Å². The molecule has 0 atom stereocenters. The number of nitrogens with zero attached hydrogens (tertiary/aromatic N) is 2. The summed E-state index contributed by atoms with van der Waals surface area (Å²) in [5.74, 6) is -0.576. The molecule has 0 bridgehead atoms. The van der Waals surface area contributed by atoms with Crippen LogP contribution in [-0.4, -0.2) is 37.1 Å². The molecule has 2 aromatic carbocycles. The van der Waals surface area contributed by atoms with Gasteiger partial charge in [0.15, 0.2) is 0 Å². The van der Waals surface area contributed by atoms with E-state index in [9.17, 15) is 9.59 Å². The van der Waals surface area contributed by atoms with Gasteiger partial charge in [0.25, 0.3) is 0 Å². The fourth-order valence-corrected chi connectivity index (χ4v) is 4.58. The molecule has 1 aliphatic rings. The van der Waals surface area contributed by atoms with Crippen LogP contribution in [-0.2, 0) is 22.4 Å². The van der Waals surface area contributed by atoms with E-state index in [1.807, 2.05) is 29.6 Å². The van der Waals surface area contributed by atoms with Crippen molar-refractivity contribution in [3.8, 4) is 0 Å². The summed E-state index contributed by atoms with van der Waals surface area (Å²) >= 11 is 1.57. The molecule has 1 saturated heterocycles. The van der Waals surface area contributed by atoms with Crippen LogP contribution in [0.1, 0.15) is 39.5 Å². The lowest BCUT2D eigenvalue weighted by molar-refractivity contribution is -0.115. The van der Waals surface area contributed by atoms with Gasteiger partial charge in [0, 0.05) is 24.9 Å². The number of anilines is 2. The Hall–Kier alpha value is -3.19. The number of aromatic nitrogens is 1. The summed E-state index contributed by atoms with van der Waals surface area (Å²) in [5.41, 5.74) is 3.93. The second-order valence-electron chi connectivity index (χ2n) is 7.54. The van der Waals surface area contributed by atoms with E-state index in [4.69, 9.17) is 4.74 Å². The number of benzene rings is 2. The van der Waals surface area contributed by atoms with Gasteiger partial charge < -0.3 is 15.0 Å². The zero-order chi connectivity index (χ0) is 21.6. The minimum absolute atomic E-state index is 0.154. The van der Waals surface area contributed by atoms with Gasteiger partial charge in [0.2, 0.25) is 5.91 Å². The zero-order valence-corrected chi connectivity index (χ0v) is 18.3. The number of ether oxygens (including phenoxy) is 1. The highest BCUT2D eigenvalue weighted by molar-refractivity contribution is 7.09. The highest BCUT2D eigenvalue weighted by atomic mass is 32.1. The van der Waals surface area contributed by atoms with Crippen LogP contribution < -0.4 is 10.2 Å². The van der Waals surface area contributed by atoms with E-state index in [1.54, 1.807) is 23.5 Å². The molecule has 3 aromatic rings. The number of nitrogens with one attached hydrogen (secondary N) is 1. The number of hydrogen-bond donors (Lipinski definition) is 1. The van der Waals surface area contributed by atoms with Gasteiger partial charge in [-0.15, -0.1) is 11.3 Å². The average molecular weight is 436 g/mol. The summed E-state index contributed by atoms with van der Waals surface area (Å²) in [6, 6.07) is 15.5. The van der Waals surface area contributed by atoms with Crippen LogP contribution in [0.5, 0.6) is 0 Å². The van der Waals surface area contributed by atoms with Gasteiger partial charge in [0.05, 0.1) is 41.2 Å². The predicted octanol–water partition coefficient (Wildman–Crippen LogP) is 4.30. The Balaban J connectivity index is 1.46. The number of amides is 1. The molecular formula is C24H25N3O3S. The van der Waals surface area contributed by atoms with E-state index in [0.717, 1.165) is 48.7 Å². The molecular weight excluding hydrogens is 410 g/mol. The molecule has 0 radical (unpaired) electrons. The highest BCUT2D eigenvalue weighted by Gasteiger charge is 2.19. The summed E-state index contributed by atoms with van der Waals surface area (Å²) in [6.07, 6.45) is 3.19. The smallest absolute Gasteiger partial charge is 0.337 e. The largest absolute Gasteiger partial charge is 0.465 e. The van der Waals surface area contributed by atoms with Crippen molar-refractivity contribution in [3.05, 3.63) is 75.7 Å². The quantitative estimate of drug-likeness (QED) is 0.560. The highest BCUT2D eigenvalue weighted by Crippen LogP contribution is 2.30. The van der Waals surface area contributed by atoms with E-state index < -0.39 is 5.97 Å². The second-order valence-corrected chi connectivity index (χ2v) is 8.48.